The lowest BCUT2D eigenvalue weighted by atomic mass is 10.2. The highest BCUT2D eigenvalue weighted by atomic mass is 16.5. The van der Waals surface area contributed by atoms with E-state index in [1.54, 1.807) is 11.8 Å². The molecule has 0 unspecified atom stereocenters. The van der Waals surface area contributed by atoms with Gasteiger partial charge in [-0.1, -0.05) is 13.3 Å². The second kappa shape index (κ2) is 8.75. The lowest BCUT2D eigenvalue weighted by Crippen LogP contribution is -2.48. The summed E-state index contributed by atoms with van der Waals surface area (Å²) < 4.78 is 6.94. The van der Waals surface area contributed by atoms with E-state index in [1.165, 1.54) is 0 Å². The molecule has 0 bridgehead atoms. The van der Waals surface area contributed by atoms with Crippen LogP contribution in [0.5, 0.6) is 5.75 Å². The van der Waals surface area contributed by atoms with E-state index in [0.29, 0.717) is 13.0 Å². The molecule has 26 heavy (non-hydrogen) atoms. The maximum atomic E-state index is 12.1. The van der Waals surface area contributed by atoms with Crippen molar-refractivity contribution >= 4 is 5.91 Å². The summed E-state index contributed by atoms with van der Waals surface area (Å²) in [5.74, 6) is 1.86. The molecule has 1 fully saturated rings. The fraction of sp³-hybridized carbons (Fsp3) is 0.556. The number of rotatable bonds is 7. The van der Waals surface area contributed by atoms with Gasteiger partial charge in [-0.05, 0) is 41.1 Å². The normalized spacial score (nSPS) is 15.2. The summed E-state index contributed by atoms with van der Waals surface area (Å²) in [4.78, 5) is 16.4. The summed E-state index contributed by atoms with van der Waals surface area (Å²) in [5.41, 5.74) is 0.902. The number of piperazine rings is 1. The van der Waals surface area contributed by atoms with E-state index in [0.717, 1.165) is 56.3 Å². The van der Waals surface area contributed by atoms with E-state index < -0.39 is 0 Å². The van der Waals surface area contributed by atoms with E-state index >= 15 is 0 Å². The third kappa shape index (κ3) is 4.37. The molecular weight excluding hydrogens is 332 g/mol. The van der Waals surface area contributed by atoms with Gasteiger partial charge in [-0.3, -0.25) is 9.69 Å². The minimum atomic E-state index is 0.273. The van der Waals surface area contributed by atoms with Crippen molar-refractivity contribution in [1.82, 2.24) is 30.0 Å². The number of hydrogen-bond donors (Lipinski definition) is 0. The van der Waals surface area contributed by atoms with E-state index in [-0.39, 0.29) is 5.91 Å². The van der Waals surface area contributed by atoms with Crippen LogP contribution in [0.1, 0.15) is 32.0 Å². The number of carbonyl (C=O) groups excluding carboxylic acids is 1. The van der Waals surface area contributed by atoms with Gasteiger partial charge in [0.25, 0.3) is 0 Å². The van der Waals surface area contributed by atoms with Crippen LogP contribution < -0.4 is 4.74 Å². The molecule has 1 aliphatic rings. The van der Waals surface area contributed by atoms with Gasteiger partial charge in [0.05, 0.1) is 19.3 Å². The van der Waals surface area contributed by atoms with Crippen LogP contribution in [0, 0.1) is 0 Å². The number of tetrazole rings is 1. The molecule has 2 heterocycles. The Kier molecular flexibility index (Phi) is 6.17. The Balaban J connectivity index is 1.57. The fourth-order valence-electron chi connectivity index (χ4n) is 3.07. The van der Waals surface area contributed by atoms with Gasteiger partial charge >= 0.3 is 0 Å². The van der Waals surface area contributed by atoms with Crippen molar-refractivity contribution in [1.29, 1.82) is 0 Å². The molecule has 0 radical (unpaired) electrons. The van der Waals surface area contributed by atoms with Gasteiger partial charge in [-0.25, -0.2) is 0 Å². The van der Waals surface area contributed by atoms with Crippen molar-refractivity contribution in [3.8, 4) is 11.4 Å². The summed E-state index contributed by atoms with van der Waals surface area (Å²) >= 11 is 0. The van der Waals surface area contributed by atoms with Crippen LogP contribution in [0.15, 0.2) is 24.3 Å². The fourth-order valence-corrected chi connectivity index (χ4v) is 3.07. The Labute approximate surface area is 153 Å². The molecular formula is C18H26N6O2. The van der Waals surface area contributed by atoms with Gasteiger partial charge in [0.2, 0.25) is 5.91 Å². The molecule has 0 N–H and O–H groups in total. The van der Waals surface area contributed by atoms with Crippen molar-refractivity contribution in [2.45, 2.75) is 32.7 Å². The molecule has 140 valence electrons. The number of aromatic nitrogens is 4. The van der Waals surface area contributed by atoms with Gasteiger partial charge in [0, 0.05) is 32.6 Å². The standard InChI is InChI=1S/C18H26N6O2/c1-3-4-5-18(25)23-12-10-22(11-13-23)14-17-19-20-21-24(17)15-6-8-16(26-2)9-7-15/h6-9H,3-5,10-14H2,1-2H3. The molecule has 1 aromatic heterocycles. The van der Waals surface area contributed by atoms with Crippen LogP contribution in [0.2, 0.25) is 0 Å². The lowest BCUT2D eigenvalue weighted by molar-refractivity contribution is -0.133. The molecule has 0 spiro atoms. The first-order valence-electron chi connectivity index (χ1n) is 9.13. The minimum absolute atomic E-state index is 0.273. The van der Waals surface area contributed by atoms with Crippen LogP contribution in [-0.2, 0) is 11.3 Å². The SMILES string of the molecule is CCCCC(=O)N1CCN(Cc2nnnn2-c2ccc(OC)cc2)CC1. The van der Waals surface area contributed by atoms with Gasteiger partial charge in [-0.15, -0.1) is 5.10 Å². The van der Waals surface area contributed by atoms with Gasteiger partial charge in [0.1, 0.15) is 5.75 Å². The van der Waals surface area contributed by atoms with Crippen molar-refractivity contribution in [2.24, 2.45) is 0 Å². The Morgan fingerprint density at radius 3 is 2.54 bits per heavy atom. The topological polar surface area (TPSA) is 76.4 Å². The first-order chi connectivity index (χ1) is 12.7. The van der Waals surface area contributed by atoms with Crippen LogP contribution in [0.25, 0.3) is 5.69 Å². The number of hydrogen-bond acceptors (Lipinski definition) is 6. The second-order valence-electron chi connectivity index (χ2n) is 6.47. The zero-order valence-corrected chi connectivity index (χ0v) is 15.5. The van der Waals surface area contributed by atoms with Crippen molar-refractivity contribution in [3.05, 3.63) is 30.1 Å². The van der Waals surface area contributed by atoms with Gasteiger partial charge in [0.15, 0.2) is 5.82 Å². The molecule has 8 heteroatoms. The molecule has 0 atom stereocenters. The van der Waals surface area contributed by atoms with Crippen molar-refractivity contribution in [2.75, 3.05) is 33.3 Å². The number of unbranched alkanes of at least 4 members (excludes halogenated alkanes) is 1. The van der Waals surface area contributed by atoms with E-state index in [1.807, 2.05) is 29.2 Å². The zero-order chi connectivity index (χ0) is 18.4. The molecule has 2 aromatic rings. The number of nitrogens with zero attached hydrogens (tertiary/aromatic N) is 6. The molecule has 8 nitrogen and oxygen atoms in total. The quantitative estimate of drug-likeness (QED) is 0.747. The summed E-state index contributed by atoms with van der Waals surface area (Å²) in [6.07, 6.45) is 2.68. The van der Waals surface area contributed by atoms with Crippen LogP contribution in [-0.4, -0.2) is 69.2 Å². The number of carbonyl (C=O) groups is 1. The first kappa shape index (κ1) is 18.3. The number of amides is 1. The maximum Gasteiger partial charge on any atom is 0.222 e. The van der Waals surface area contributed by atoms with Crippen LogP contribution >= 0.6 is 0 Å². The molecule has 0 aliphatic carbocycles. The summed E-state index contributed by atoms with van der Waals surface area (Å²) in [7, 11) is 1.64. The molecule has 1 aliphatic heterocycles. The Morgan fingerprint density at radius 2 is 1.88 bits per heavy atom. The smallest absolute Gasteiger partial charge is 0.222 e. The highest BCUT2D eigenvalue weighted by Gasteiger charge is 2.22. The first-order valence-corrected chi connectivity index (χ1v) is 9.13. The average Bonchev–Trinajstić information content (AvgIpc) is 3.15. The second-order valence-corrected chi connectivity index (χ2v) is 6.47. The average molecular weight is 358 g/mol. The van der Waals surface area contributed by atoms with E-state index in [9.17, 15) is 4.79 Å². The van der Waals surface area contributed by atoms with Crippen LogP contribution in [0.4, 0.5) is 0 Å². The number of benzene rings is 1. The molecule has 1 amide bonds. The highest BCUT2D eigenvalue weighted by Crippen LogP contribution is 2.16. The largest absolute Gasteiger partial charge is 0.497 e. The molecule has 1 saturated heterocycles. The third-order valence-corrected chi connectivity index (χ3v) is 4.69. The predicted octanol–water partition coefficient (Wildman–Crippen LogP) is 1.51. The van der Waals surface area contributed by atoms with Gasteiger partial charge < -0.3 is 9.64 Å². The Hall–Kier alpha value is -2.48. The predicted molar refractivity (Wildman–Crippen MR) is 97.1 cm³/mol. The van der Waals surface area contributed by atoms with E-state index in [2.05, 4.69) is 27.3 Å². The van der Waals surface area contributed by atoms with Crippen molar-refractivity contribution in [3.63, 3.8) is 0 Å². The van der Waals surface area contributed by atoms with Gasteiger partial charge in [-0.2, -0.15) is 4.68 Å². The monoisotopic (exact) mass is 358 g/mol. The number of methoxy groups -OCH3 is 1. The summed E-state index contributed by atoms with van der Waals surface area (Å²) in [6.45, 7) is 5.99. The lowest BCUT2D eigenvalue weighted by Gasteiger charge is -2.34. The minimum Gasteiger partial charge on any atom is -0.497 e. The highest BCUT2D eigenvalue weighted by molar-refractivity contribution is 5.76. The van der Waals surface area contributed by atoms with Crippen molar-refractivity contribution < 1.29 is 9.53 Å². The Bertz CT molecular complexity index is 707. The maximum absolute atomic E-state index is 12.1. The molecule has 1 aromatic carbocycles. The van der Waals surface area contributed by atoms with Crippen LogP contribution in [0.3, 0.4) is 0 Å². The molecule has 3 rings (SSSR count). The third-order valence-electron chi connectivity index (χ3n) is 4.69. The summed E-state index contributed by atoms with van der Waals surface area (Å²) in [5, 5.41) is 12.1. The van der Waals surface area contributed by atoms with E-state index in [4.69, 9.17) is 4.74 Å². The molecule has 0 saturated carbocycles. The number of ether oxygens (including phenoxy) is 1. The zero-order valence-electron chi connectivity index (χ0n) is 15.5. The summed E-state index contributed by atoms with van der Waals surface area (Å²) in [6, 6.07) is 7.65. The Morgan fingerprint density at radius 1 is 1.15 bits per heavy atom.